The number of carbonyl (C=O) groups is 1. The Morgan fingerprint density at radius 3 is 1.26 bits per heavy atom. The van der Waals surface area contributed by atoms with Gasteiger partial charge in [-0.25, -0.2) is 4.99 Å². The topological polar surface area (TPSA) is 111 Å². The molecule has 0 saturated heterocycles. The summed E-state index contributed by atoms with van der Waals surface area (Å²) in [7, 11) is -21.3. The van der Waals surface area contributed by atoms with Gasteiger partial charge in [0, 0.05) is 44.8 Å². The van der Waals surface area contributed by atoms with E-state index < -0.39 is 15.6 Å². The summed E-state index contributed by atoms with van der Waals surface area (Å²) in [5, 5.41) is 0. The van der Waals surface area contributed by atoms with Crippen LogP contribution >= 0.6 is 15.6 Å². The molecule has 0 saturated carbocycles. The quantitative estimate of drug-likeness (QED) is 0.110. The number of para-hydroxylation sites is 1. The van der Waals surface area contributed by atoms with Crippen LogP contribution in [0.4, 0.5) is 56.1 Å². The van der Waals surface area contributed by atoms with E-state index in [-0.39, 0.29) is 33.1 Å². The first-order chi connectivity index (χ1) is 19.8. The maximum absolute atomic E-state index is 12.8. The van der Waals surface area contributed by atoms with Crippen LogP contribution in [0.15, 0.2) is 58.6 Å². The minimum absolute atomic E-state index is 0. The van der Waals surface area contributed by atoms with E-state index in [1.165, 1.54) is 0 Å². The summed E-state index contributed by atoms with van der Waals surface area (Å²) in [6.07, 6.45) is 3.98. The average Bonchev–Trinajstić information content (AvgIpc) is 2.76. The van der Waals surface area contributed by atoms with E-state index in [0.29, 0.717) is 25.3 Å². The summed E-state index contributed by atoms with van der Waals surface area (Å²) in [6, 6.07) is 9.65. The van der Waals surface area contributed by atoms with Gasteiger partial charge < -0.3 is 17.2 Å². The molecule has 0 aromatic heterocycles. The van der Waals surface area contributed by atoms with Crippen LogP contribution in [0.2, 0.25) is 0 Å². The number of ketones is 1. The molecule has 0 spiro atoms. The molecule has 6 N–H and O–H groups in total. The van der Waals surface area contributed by atoms with Crippen LogP contribution in [0.5, 0.6) is 0 Å². The molecule has 6 nitrogen and oxygen atoms in total. The van der Waals surface area contributed by atoms with Crippen LogP contribution in [0.1, 0.15) is 41.5 Å². The number of nitrogens with zero attached hydrogens (tertiary/aromatic N) is 2. The molecule has 1 aromatic carbocycles. The molecule has 0 bridgehead atoms. The summed E-state index contributed by atoms with van der Waals surface area (Å²) in [5.74, 6) is 0.0318. The smallest absolute Gasteiger partial charge is 0.329 e. The monoisotopic (exact) mass is 789 g/mol. The Kier molecular flexibility index (Phi) is 16.9. The molecular formula is C26H43F12N5NiOP2. The van der Waals surface area contributed by atoms with E-state index in [4.69, 9.17) is 17.2 Å². The predicted molar refractivity (Wildman–Crippen MR) is 164 cm³/mol. The van der Waals surface area contributed by atoms with Crippen molar-refractivity contribution >= 4 is 32.8 Å². The maximum atomic E-state index is 12.8. The van der Waals surface area contributed by atoms with E-state index >= 15 is 0 Å². The Labute approximate surface area is 276 Å². The van der Waals surface area contributed by atoms with Gasteiger partial charge in [0.25, 0.3) is 0 Å². The Morgan fingerprint density at radius 1 is 0.638 bits per heavy atom. The summed E-state index contributed by atoms with van der Waals surface area (Å²) in [5.41, 5.74) is 19.2. The van der Waals surface area contributed by atoms with Crippen molar-refractivity contribution in [2.24, 2.45) is 33.0 Å². The number of rotatable bonds is 7. The van der Waals surface area contributed by atoms with Crippen LogP contribution < -0.4 is 17.2 Å². The van der Waals surface area contributed by atoms with Gasteiger partial charge in [-0.05, 0) is 34.6 Å². The number of nitrogens with two attached hydrogens (primary N) is 3. The van der Waals surface area contributed by atoms with Crippen LogP contribution in [0, 0.1) is 10.8 Å². The van der Waals surface area contributed by atoms with Gasteiger partial charge in [0.15, 0.2) is 0 Å². The number of hydrogen-bond acceptors (Lipinski definition) is 6. The standard InChI is InChI=1S/C20H25NO.C6H18N4.2F6P.Ni/c1-19(2,3)14-12-16(20(4,5)6)18(22)17(13-14)21-15-10-8-7-9-11-15;7-1-4-10(5-2-8)6-3-9;2*1-7(2,3,4,5)6;/h7-13H,1-6H3;1-9H2;;;/q;;2*-1;+2. The first-order valence-electron chi connectivity index (χ1n) is 13.4. The van der Waals surface area contributed by atoms with Gasteiger partial charge in [0.2, 0.25) is 5.78 Å². The second-order valence-electron chi connectivity index (χ2n) is 11.9. The first kappa shape index (κ1) is 49.8. The number of halogens is 12. The molecule has 0 fully saturated rings. The van der Waals surface area contributed by atoms with Crippen LogP contribution in [-0.2, 0) is 21.3 Å². The van der Waals surface area contributed by atoms with Crippen molar-refractivity contribution in [1.82, 2.24) is 4.90 Å². The Bertz CT molecular complexity index is 1180. The second-order valence-corrected chi connectivity index (χ2v) is 15.8. The second kappa shape index (κ2) is 16.0. The molecule has 0 heterocycles. The summed E-state index contributed by atoms with van der Waals surface area (Å²) >= 11 is 0. The zero-order valence-electron chi connectivity index (χ0n) is 26.6. The number of Topliss-reactive ketones (excluding diaryl/α,β-unsaturated/α-hetero) is 1. The molecule has 2 rings (SSSR count). The fourth-order valence-electron chi connectivity index (χ4n) is 3.21. The van der Waals surface area contributed by atoms with Gasteiger partial charge >= 0.3 is 82.5 Å². The van der Waals surface area contributed by atoms with Crippen molar-refractivity contribution in [3.05, 3.63) is 53.6 Å². The van der Waals surface area contributed by atoms with Gasteiger partial charge in [-0.2, -0.15) is 0 Å². The third kappa shape index (κ3) is 35.5. The summed E-state index contributed by atoms with van der Waals surface area (Å²) < 4.78 is 118. The molecule has 0 unspecified atom stereocenters. The van der Waals surface area contributed by atoms with Crippen molar-refractivity contribution in [2.45, 2.75) is 41.5 Å². The third-order valence-corrected chi connectivity index (χ3v) is 5.09. The van der Waals surface area contributed by atoms with E-state index in [9.17, 15) is 55.2 Å². The van der Waals surface area contributed by atoms with Crippen molar-refractivity contribution in [3.63, 3.8) is 0 Å². The van der Waals surface area contributed by atoms with E-state index in [1.54, 1.807) is 0 Å². The van der Waals surface area contributed by atoms with Gasteiger partial charge in [0.1, 0.15) is 5.71 Å². The number of aliphatic imine (C=N–C) groups is 1. The normalized spacial score (nSPS) is 17.7. The Hall–Kier alpha value is -1.61. The van der Waals surface area contributed by atoms with Crippen molar-refractivity contribution in [1.29, 1.82) is 0 Å². The molecule has 0 radical (unpaired) electrons. The molecular weight excluding hydrogens is 747 g/mol. The van der Waals surface area contributed by atoms with Crippen molar-refractivity contribution in [3.8, 4) is 0 Å². The van der Waals surface area contributed by atoms with E-state index in [0.717, 1.165) is 36.5 Å². The number of carbonyl (C=O) groups excluding carboxylic acids is 1. The molecule has 0 atom stereocenters. The van der Waals surface area contributed by atoms with Gasteiger partial charge in [-0.15, -0.1) is 0 Å². The van der Waals surface area contributed by atoms with E-state index in [2.05, 4.69) is 51.4 Å². The molecule has 0 amide bonds. The van der Waals surface area contributed by atoms with Crippen LogP contribution in [0.25, 0.3) is 0 Å². The zero-order valence-corrected chi connectivity index (χ0v) is 29.3. The van der Waals surface area contributed by atoms with Gasteiger partial charge in [-0.3, -0.25) is 9.69 Å². The third-order valence-electron chi connectivity index (χ3n) is 5.09. The van der Waals surface area contributed by atoms with Crippen LogP contribution in [-0.4, -0.2) is 55.7 Å². The minimum Gasteiger partial charge on any atom is -0.329 e. The minimum atomic E-state index is -10.7. The molecule has 47 heavy (non-hydrogen) atoms. The van der Waals surface area contributed by atoms with E-state index in [1.807, 2.05) is 42.5 Å². The Balaban J connectivity index is -0.000000644. The number of hydrogen-bond donors (Lipinski definition) is 3. The summed E-state index contributed by atoms with van der Waals surface area (Å²) in [6.45, 7) is 17.4. The molecule has 21 heteroatoms. The maximum Gasteiger partial charge on any atom is 2.00 e. The van der Waals surface area contributed by atoms with Crippen molar-refractivity contribution in [2.75, 3.05) is 39.3 Å². The molecule has 1 aromatic rings. The molecule has 282 valence electrons. The number of allylic oxidation sites excluding steroid dienone is 4. The zero-order chi connectivity index (χ0) is 37.2. The molecule has 1 aliphatic carbocycles. The SMILES string of the molecule is CC(C)(C)C1=CC(=Nc2ccccc2)C(=O)C(C(C)(C)C)=C1.F[P-](F)(F)(F)(F)F.F[P-](F)(F)(F)(F)F.NCCN(CCN)CCN.[Ni+2]. The predicted octanol–water partition coefficient (Wildman–Crippen LogP) is 10.2. The van der Waals surface area contributed by atoms with Crippen LogP contribution in [0.3, 0.4) is 0 Å². The fraction of sp³-hybridized carbons (Fsp3) is 0.538. The fourth-order valence-corrected chi connectivity index (χ4v) is 3.21. The van der Waals surface area contributed by atoms with Gasteiger partial charge in [-0.1, -0.05) is 65.8 Å². The van der Waals surface area contributed by atoms with Gasteiger partial charge in [0.05, 0.1) is 5.69 Å². The van der Waals surface area contributed by atoms with Crippen molar-refractivity contribution < 1.29 is 71.6 Å². The largest absolute Gasteiger partial charge is 2.00 e. The summed E-state index contributed by atoms with van der Waals surface area (Å²) in [4.78, 5) is 19.5. The molecule has 1 aliphatic rings. The molecule has 0 aliphatic heterocycles. The Morgan fingerprint density at radius 2 is 0.979 bits per heavy atom. The average molecular weight is 790 g/mol. The number of benzene rings is 1. The first-order valence-corrected chi connectivity index (χ1v) is 17.5.